The Kier molecular flexibility index (Phi) is 6.30. The Morgan fingerprint density at radius 1 is 1.12 bits per heavy atom. The quantitative estimate of drug-likeness (QED) is 0.322. The van der Waals surface area contributed by atoms with Crippen LogP contribution in [0.2, 0.25) is 0 Å². The van der Waals surface area contributed by atoms with E-state index in [4.69, 9.17) is 15.5 Å². The van der Waals surface area contributed by atoms with Gasteiger partial charge in [0.15, 0.2) is 5.82 Å². The number of imidazole rings is 1. The third-order valence-electron chi connectivity index (χ3n) is 8.41. The van der Waals surface area contributed by atoms with Crippen molar-refractivity contribution in [1.29, 1.82) is 0 Å². The summed E-state index contributed by atoms with van der Waals surface area (Å²) in [6.45, 7) is 1.80. The van der Waals surface area contributed by atoms with E-state index in [1.807, 2.05) is 17.8 Å². The van der Waals surface area contributed by atoms with Crippen LogP contribution in [-0.2, 0) is 20.1 Å². The molecule has 4 heterocycles. The molecule has 1 saturated carbocycles. The van der Waals surface area contributed by atoms with Gasteiger partial charge in [-0.25, -0.2) is 9.37 Å². The molecule has 0 radical (unpaired) electrons. The van der Waals surface area contributed by atoms with Crippen molar-refractivity contribution in [2.75, 3.05) is 20.2 Å². The molecule has 0 bridgehead atoms. The lowest BCUT2D eigenvalue weighted by molar-refractivity contribution is 0.0606. The summed E-state index contributed by atoms with van der Waals surface area (Å²) in [6, 6.07) is 15.8. The van der Waals surface area contributed by atoms with Gasteiger partial charge in [0, 0.05) is 48.8 Å². The highest BCUT2D eigenvalue weighted by atomic mass is 19.1. The number of benzene rings is 2. The number of carbonyl (C=O) groups excluding carboxylic acids is 1. The summed E-state index contributed by atoms with van der Waals surface area (Å²) in [5, 5.41) is 5.54. The molecule has 2 N–H and O–H groups in total. The highest BCUT2D eigenvalue weighted by molar-refractivity contribution is 6.00. The molecule has 212 valence electrons. The predicted octanol–water partition coefficient (Wildman–Crippen LogP) is 4.37. The molecule has 41 heavy (non-hydrogen) atoms. The van der Waals surface area contributed by atoms with Crippen LogP contribution in [0.1, 0.15) is 35.3 Å². The van der Waals surface area contributed by atoms with Crippen molar-refractivity contribution in [3.63, 3.8) is 0 Å². The van der Waals surface area contributed by atoms with Gasteiger partial charge in [0.25, 0.3) is 5.91 Å². The Hall–Kier alpha value is -4.18. The standard InChI is InChI=1S/C31H34FN7O2/c1-36-24(9-10-34-36)18-39-29-25(11-21(13-28(29)41-2)31(40)37-16-22(32)14-23(33)17-37)35-30(39)27-12-20-5-3-4-6-26(20)38(27)15-19-7-8-19/h3-6,9-13,19,22-23H,7-8,14-18,33H2,1-2H3/t22-,23-/m1/s1. The topological polar surface area (TPSA) is 96.1 Å². The summed E-state index contributed by atoms with van der Waals surface area (Å²) in [4.78, 5) is 20.2. The molecule has 10 heteroatoms. The maximum atomic E-state index is 14.3. The fourth-order valence-corrected chi connectivity index (χ4v) is 6.15. The predicted molar refractivity (Wildman–Crippen MR) is 156 cm³/mol. The molecular weight excluding hydrogens is 521 g/mol. The number of ether oxygens (including phenoxy) is 1. The highest BCUT2D eigenvalue weighted by Crippen LogP contribution is 2.38. The van der Waals surface area contributed by atoms with Crippen molar-refractivity contribution in [3.8, 4) is 17.3 Å². The Bertz CT molecular complexity index is 1760. The summed E-state index contributed by atoms with van der Waals surface area (Å²) in [7, 11) is 3.52. The van der Waals surface area contributed by atoms with E-state index < -0.39 is 6.17 Å². The first-order valence-electron chi connectivity index (χ1n) is 14.2. The van der Waals surface area contributed by atoms with Crippen molar-refractivity contribution in [2.24, 2.45) is 18.7 Å². The van der Waals surface area contributed by atoms with Gasteiger partial charge in [-0.1, -0.05) is 18.2 Å². The van der Waals surface area contributed by atoms with Crippen LogP contribution in [0, 0.1) is 5.92 Å². The number of para-hydroxylation sites is 1. The summed E-state index contributed by atoms with van der Waals surface area (Å²) in [5.41, 5.74) is 11.1. The van der Waals surface area contributed by atoms with Crippen LogP contribution < -0.4 is 10.5 Å². The maximum Gasteiger partial charge on any atom is 0.254 e. The van der Waals surface area contributed by atoms with Crippen LogP contribution in [0.4, 0.5) is 4.39 Å². The minimum Gasteiger partial charge on any atom is -0.494 e. The van der Waals surface area contributed by atoms with Gasteiger partial charge in [0.05, 0.1) is 37.1 Å². The SMILES string of the molecule is COc1cc(C(=O)N2C[C@H](N)C[C@@H](F)C2)cc2nc(-c3cc4ccccc4n3CC3CC3)n(Cc3ccnn3C)c12. The maximum absolute atomic E-state index is 14.3. The average molecular weight is 556 g/mol. The first kappa shape index (κ1) is 25.8. The van der Waals surface area contributed by atoms with E-state index >= 15 is 0 Å². The summed E-state index contributed by atoms with van der Waals surface area (Å²) < 4.78 is 26.6. The number of aromatic nitrogens is 5. The van der Waals surface area contributed by atoms with E-state index in [-0.39, 0.29) is 24.9 Å². The van der Waals surface area contributed by atoms with Gasteiger partial charge >= 0.3 is 0 Å². The fraction of sp³-hybridized carbons (Fsp3) is 0.387. The Morgan fingerprint density at radius 3 is 2.68 bits per heavy atom. The second kappa shape index (κ2) is 10.0. The summed E-state index contributed by atoms with van der Waals surface area (Å²) in [6.07, 6.45) is 3.38. The minimum absolute atomic E-state index is 0.0360. The zero-order valence-corrected chi connectivity index (χ0v) is 23.3. The smallest absolute Gasteiger partial charge is 0.254 e. The van der Waals surface area contributed by atoms with Gasteiger partial charge in [-0.3, -0.25) is 9.48 Å². The van der Waals surface area contributed by atoms with E-state index in [0.29, 0.717) is 35.8 Å². The first-order chi connectivity index (χ1) is 19.9. The number of alkyl halides is 1. The summed E-state index contributed by atoms with van der Waals surface area (Å²) >= 11 is 0. The van der Waals surface area contributed by atoms with Crippen LogP contribution in [0.5, 0.6) is 5.75 Å². The molecule has 1 aliphatic heterocycles. The molecule has 2 aromatic carbocycles. The second-order valence-electron chi connectivity index (χ2n) is 11.5. The zero-order chi connectivity index (χ0) is 28.2. The van der Waals surface area contributed by atoms with Crippen LogP contribution >= 0.6 is 0 Å². The third kappa shape index (κ3) is 4.65. The molecule has 1 amide bonds. The number of carbonyl (C=O) groups is 1. The number of hydrogen-bond donors (Lipinski definition) is 1. The highest BCUT2D eigenvalue weighted by Gasteiger charge is 2.31. The molecular formula is C31H34FN7O2. The van der Waals surface area contributed by atoms with Crippen LogP contribution in [0.25, 0.3) is 33.5 Å². The zero-order valence-electron chi connectivity index (χ0n) is 23.3. The van der Waals surface area contributed by atoms with Gasteiger partial charge in [-0.2, -0.15) is 5.10 Å². The van der Waals surface area contributed by atoms with Gasteiger partial charge in [0.2, 0.25) is 0 Å². The number of amides is 1. The molecule has 5 aromatic rings. The van der Waals surface area contributed by atoms with E-state index in [9.17, 15) is 9.18 Å². The van der Waals surface area contributed by atoms with Crippen LogP contribution in [0.15, 0.2) is 54.7 Å². The molecule has 0 unspecified atom stereocenters. The molecule has 0 spiro atoms. The van der Waals surface area contributed by atoms with Gasteiger partial charge in [-0.05, 0) is 55.5 Å². The average Bonchev–Trinajstić information content (AvgIpc) is 3.42. The van der Waals surface area contributed by atoms with Gasteiger partial charge in [0.1, 0.15) is 17.4 Å². The molecule has 3 aromatic heterocycles. The Morgan fingerprint density at radius 2 is 1.95 bits per heavy atom. The summed E-state index contributed by atoms with van der Waals surface area (Å²) in [5.74, 6) is 1.72. The molecule has 7 rings (SSSR count). The van der Waals surface area contributed by atoms with E-state index in [1.165, 1.54) is 23.3 Å². The van der Waals surface area contributed by atoms with E-state index in [1.54, 1.807) is 25.4 Å². The number of halogens is 1. The third-order valence-corrected chi connectivity index (χ3v) is 8.41. The van der Waals surface area contributed by atoms with E-state index in [2.05, 4.69) is 44.6 Å². The van der Waals surface area contributed by atoms with Crippen LogP contribution in [-0.4, -0.2) is 67.1 Å². The van der Waals surface area contributed by atoms with Crippen molar-refractivity contribution >= 4 is 27.8 Å². The monoisotopic (exact) mass is 555 g/mol. The van der Waals surface area contributed by atoms with Crippen molar-refractivity contribution in [3.05, 3.63) is 66.0 Å². The largest absolute Gasteiger partial charge is 0.494 e. The number of nitrogens with zero attached hydrogens (tertiary/aromatic N) is 6. The normalized spacial score (nSPS) is 19.4. The number of aryl methyl sites for hydroxylation is 1. The number of nitrogens with two attached hydrogens (primary N) is 1. The first-order valence-corrected chi connectivity index (χ1v) is 14.2. The number of piperidine rings is 1. The van der Waals surface area contributed by atoms with Gasteiger partial charge in [-0.15, -0.1) is 0 Å². The Labute approximate surface area is 237 Å². The number of hydrogen-bond acceptors (Lipinski definition) is 5. The van der Waals surface area contributed by atoms with E-state index in [0.717, 1.165) is 34.7 Å². The number of fused-ring (bicyclic) bond motifs is 2. The van der Waals surface area contributed by atoms with Gasteiger partial charge < -0.3 is 24.5 Å². The number of rotatable bonds is 7. The molecule has 1 saturated heterocycles. The fourth-order valence-electron chi connectivity index (χ4n) is 6.15. The Balaban J connectivity index is 1.42. The molecule has 9 nitrogen and oxygen atoms in total. The number of likely N-dealkylation sites (tertiary alicyclic amines) is 1. The number of methoxy groups -OCH3 is 1. The molecule has 2 fully saturated rings. The van der Waals surface area contributed by atoms with Crippen LogP contribution in [0.3, 0.4) is 0 Å². The lowest BCUT2D eigenvalue weighted by atomic mass is 10.0. The molecule has 2 atom stereocenters. The second-order valence-corrected chi connectivity index (χ2v) is 11.5. The molecule has 1 aliphatic carbocycles. The minimum atomic E-state index is -1.13. The van der Waals surface area contributed by atoms with Crippen molar-refractivity contribution < 1.29 is 13.9 Å². The van der Waals surface area contributed by atoms with Crippen molar-refractivity contribution in [1.82, 2.24) is 28.8 Å². The lowest BCUT2D eigenvalue weighted by Crippen LogP contribution is -2.50. The van der Waals surface area contributed by atoms with Crippen molar-refractivity contribution in [2.45, 2.75) is 44.6 Å². The lowest BCUT2D eigenvalue weighted by Gasteiger charge is -2.33. The molecule has 2 aliphatic rings.